The summed E-state index contributed by atoms with van der Waals surface area (Å²) in [5.74, 6) is -0.696. The third-order valence-corrected chi connectivity index (χ3v) is 4.48. The Hall–Kier alpha value is -3.22. The summed E-state index contributed by atoms with van der Waals surface area (Å²) in [6, 6.07) is 9.85. The zero-order valence-electron chi connectivity index (χ0n) is 15.3. The quantitative estimate of drug-likeness (QED) is 0.562. The first-order valence-corrected chi connectivity index (χ1v) is 9.29. The molecular weight excluding hydrogens is 411 g/mol. The van der Waals surface area contributed by atoms with E-state index in [4.69, 9.17) is 23.2 Å². The standard InChI is InChI=1S/C21H16Cl2N4O2/c1-13-2-5-16(26-21(29)17-6-4-15(22)8-18(17)23)9-19(13)27-20(28)7-3-14-10-24-12-25-11-14/h2-12H,1H3,(H,26,29)(H,27,28). The summed E-state index contributed by atoms with van der Waals surface area (Å²) in [5, 5.41) is 6.26. The van der Waals surface area contributed by atoms with Crippen molar-refractivity contribution in [3.8, 4) is 0 Å². The molecule has 2 aromatic carbocycles. The van der Waals surface area contributed by atoms with Crippen LogP contribution in [0, 0.1) is 6.92 Å². The number of benzene rings is 2. The van der Waals surface area contributed by atoms with Crippen molar-refractivity contribution < 1.29 is 9.59 Å². The molecule has 3 aromatic rings. The first-order valence-electron chi connectivity index (χ1n) is 8.53. The van der Waals surface area contributed by atoms with E-state index in [0.29, 0.717) is 27.5 Å². The number of nitrogens with one attached hydrogen (secondary N) is 2. The number of carbonyl (C=O) groups excluding carboxylic acids is 2. The average molecular weight is 427 g/mol. The first kappa shape index (κ1) is 20.5. The molecule has 29 heavy (non-hydrogen) atoms. The molecule has 8 heteroatoms. The second-order valence-corrected chi connectivity index (χ2v) is 6.95. The van der Waals surface area contributed by atoms with E-state index in [1.807, 2.05) is 6.92 Å². The van der Waals surface area contributed by atoms with Crippen LogP contribution in [0.5, 0.6) is 0 Å². The van der Waals surface area contributed by atoms with E-state index in [2.05, 4.69) is 20.6 Å². The van der Waals surface area contributed by atoms with Crippen molar-refractivity contribution in [2.24, 2.45) is 0 Å². The predicted octanol–water partition coefficient (Wildman–Crippen LogP) is 5.00. The van der Waals surface area contributed by atoms with Gasteiger partial charge in [0.1, 0.15) is 6.33 Å². The number of hydrogen-bond acceptors (Lipinski definition) is 4. The monoisotopic (exact) mass is 426 g/mol. The molecule has 0 aliphatic heterocycles. The Balaban J connectivity index is 1.71. The van der Waals surface area contributed by atoms with Gasteiger partial charge in [-0.05, 0) is 48.9 Å². The molecule has 0 bridgehead atoms. The van der Waals surface area contributed by atoms with Crippen LogP contribution < -0.4 is 10.6 Å². The summed E-state index contributed by atoms with van der Waals surface area (Å²) in [5.41, 5.74) is 2.94. The van der Waals surface area contributed by atoms with Gasteiger partial charge in [-0.25, -0.2) is 9.97 Å². The van der Waals surface area contributed by atoms with Crippen molar-refractivity contribution in [3.63, 3.8) is 0 Å². The van der Waals surface area contributed by atoms with Crippen LogP contribution in [-0.4, -0.2) is 21.8 Å². The SMILES string of the molecule is Cc1ccc(NC(=O)c2ccc(Cl)cc2Cl)cc1NC(=O)C=Cc1cncnc1. The van der Waals surface area contributed by atoms with Crippen molar-refractivity contribution in [1.82, 2.24) is 9.97 Å². The Morgan fingerprint density at radius 3 is 2.48 bits per heavy atom. The number of rotatable bonds is 5. The van der Waals surface area contributed by atoms with Gasteiger partial charge < -0.3 is 10.6 Å². The van der Waals surface area contributed by atoms with Gasteiger partial charge in [0.05, 0.1) is 10.6 Å². The molecule has 6 nitrogen and oxygen atoms in total. The molecule has 1 heterocycles. The minimum atomic E-state index is -0.378. The lowest BCUT2D eigenvalue weighted by atomic mass is 10.1. The van der Waals surface area contributed by atoms with Crippen LogP contribution in [0.15, 0.2) is 61.2 Å². The summed E-state index contributed by atoms with van der Waals surface area (Å²) in [4.78, 5) is 32.5. The lowest BCUT2D eigenvalue weighted by molar-refractivity contribution is -0.111. The van der Waals surface area contributed by atoms with E-state index in [-0.39, 0.29) is 16.8 Å². The topological polar surface area (TPSA) is 84.0 Å². The van der Waals surface area contributed by atoms with E-state index in [9.17, 15) is 9.59 Å². The highest BCUT2D eigenvalue weighted by molar-refractivity contribution is 6.37. The number of amides is 2. The largest absolute Gasteiger partial charge is 0.322 e. The van der Waals surface area contributed by atoms with Crippen LogP contribution in [0.25, 0.3) is 6.08 Å². The van der Waals surface area contributed by atoms with Crippen LogP contribution in [0.3, 0.4) is 0 Å². The predicted molar refractivity (Wildman–Crippen MR) is 115 cm³/mol. The minimum Gasteiger partial charge on any atom is -0.322 e. The van der Waals surface area contributed by atoms with E-state index in [0.717, 1.165) is 5.56 Å². The highest BCUT2D eigenvalue weighted by Crippen LogP contribution is 2.24. The maximum absolute atomic E-state index is 12.5. The third-order valence-electron chi connectivity index (χ3n) is 3.94. The Labute approximate surface area is 177 Å². The Bertz CT molecular complexity index is 1090. The average Bonchev–Trinajstić information content (AvgIpc) is 2.69. The number of hydrogen-bond donors (Lipinski definition) is 2. The Morgan fingerprint density at radius 2 is 1.76 bits per heavy atom. The summed E-state index contributed by atoms with van der Waals surface area (Å²) >= 11 is 11.9. The summed E-state index contributed by atoms with van der Waals surface area (Å²) in [7, 11) is 0. The molecule has 1 aromatic heterocycles. The van der Waals surface area contributed by atoms with Crippen LogP contribution in [0.4, 0.5) is 11.4 Å². The number of aromatic nitrogens is 2. The number of aryl methyl sites for hydroxylation is 1. The lowest BCUT2D eigenvalue weighted by Gasteiger charge is -2.11. The van der Waals surface area contributed by atoms with Crippen LogP contribution >= 0.6 is 23.2 Å². The molecular formula is C21H16Cl2N4O2. The van der Waals surface area contributed by atoms with Gasteiger partial charge in [-0.2, -0.15) is 0 Å². The molecule has 0 aliphatic rings. The first-order chi connectivity index (χ1) is 13.9. The van der Waals surface area contributed by atoms with Gasteiger partial charge in [0.2, 0.25) is 5.91 Å². The van der Waals surface area contributed by atoms with Gasteiger partial charge in [-0.1, -0.05) is 29.3 Å². The fraction of sp³-hybridized carbons (Fsp3) is 0.0476. The molecule has 0 saturated heterocycles. The van der Waals surface area contributed by atoms with Crippen molar-refractivity contribution in [3.05, 3.63) is 87.9 Å². The summed E-state index contributed by atoms with van der Waals surface area (Å²) < 4.78 is 0. The fourth-order valence-electron chi connectivity index (χ4n) is 2.45. The molecule has 0 fully saturated rings. The lowest BCUT2D eigenvalue weighted by Crippen LogP contribution is -2.14. The van der Waals surface area contributed by atoms with Gasteiger partial charge in [0, 0.05) is 40.4 Å². The third kappa shape index (κ3) is 5.63. The maximum atomic E-state index is 12.5. The smallest absolute Gasteiger partial charge is 0.257 e. The molecule has 146 valence electrons. The fourth-order valence-corrected chi connectivity index (χ4v) is 2.94. The summed E-state index contributed by atoms with van der Waals surface area (Å²) in [6.45, 7) is 1.85. The van der Waals surface area contributed by atoms with E-state index >= 15 is 0 Å². The van der Waals surface area contributed by atoms with Crippen LogP contribution in [0.2, 0.25) is 10.0 Å². The molecule has 0 saturated carbocycles. The Morgan fingerprint density at radius 1 is 1.00 bits per heavy atom. The maximum Gasteiger partial charge on any atom is 0.257 e. The van der Waals surface area contributed by atoms with E-state index in [1.165, 1.54) is 18.5 Å². The summed E-state index contributed by atoms with van der Waals surface area (Å²) in [6.07, 6.45) is 7.60. The number of nitrogens with zero attached hydrogens (tertiary/aromatic N) is 2. The van der Waals surface area contributed by atoms with Crippen molar-refractivity contribution in [2.75, 3.05) is 10.6 Å². The van der Waals surface area contributed by atoms with Crippen molar-refractivity contribution >= 4 is 52.5 Å². The second kappa shape index (κ2) is 9.32. The highest BCUT2D eigenvalue weighted by atomic mass is 35.5. The molecule has 0 atom stereocenters. The number of anilines is 2. The van der Waals surface area contributed by atoms with Gasteiger partial charge in [0.25, 0.3) is 5.91 Å². The van der Waals surface area contributed by atoms with Gasteiger partial charge in [0.15, 0.2) is 0 Å². The van der Waals surface area contributed by atoms with E-state index < -0.39 is 0 Å². The molecule has 2 N–H and O–H groups in total. The molecule has 0 unspecified atom stereocenters. The van der Waals surface area contributed by atoms with Gasteiger partial charge >= 0.3 is 0 Å². The molecule has 0 spiro atoms. The zero-order valence-corrected chi connectivity index (χ0v) is 16.8. The zero-order chi connectivity index (χ0) is 20.8. The van der Waals surface area contributed by atoms with Crippen LogP contribution in [0.1, 0.15) is 21.5 Å². The molecule has 3 rings (SSSR count). The van der Waals surface area contributed by atoms with Crippen molar-refractivity contribution in [2.45, 2.75) is 6.92 Å². The second-order valence-electron chi connectivity index (χ2n) is 6.10. The van der Waals surface area contributed by atoms with Gasteiger partial charge in [-0.15, -0.1) is 0 Å². The normalized spacial score (nSPS) is 10.7. The molecule has 0 aliphatic carbocycles. The van der Waals surface area contributed by atoms with Crippen molar-refractivity contribution in [1.29, 1.82) is 0 Å². The molecule has 2 amide bonds. The van der Waals surface area contributed by atoms with E-state index in [1.54, 1.807) is 48.8 Å². The number of carbonyl (C=O) groups is 2. The minimum absolute atomic E-state index is 0.255. The number of halogens is 2. The highest BCUT2D eigenvalue weighted by Gasteiger charge is 2.12. The molecule has 0 radical (unpaired) electrons. The van der Waals surface area contributed by atoms with Gasteiger partial charge in [-0.3, -0.25) is 9.59 Å². The van der Waals surface area contributed by atoms with Crippen LogP contribution in [-0.2, 0) is 4.79 Å². The Kier molecular flexibility index (Phi) is 6.59.